The van der Waals surface area contributed by atoms with Crippen LogP contribution < -0.4 is 5.32 Å². The van der Waals surface area contributed by atoms with Crippen molar-refractivity contribution in [1.29, 1.82) is 0 Å². The number of esters is 1. The number of hydrogen-bond donors (Lipinski definition) is 1. The van der Waals surface area contributed by atoms with Crippen LogP contribution in [-0.4, -0.2) is 23.5 Å². The molecule has 1 aromatic heterocycles. The van der Waals surface area contributed by atoms with Gasteiger partial charge < -0.3 is 4.74 Å². The summed E-state index contributed by atoms with van der Waals surface area (Å²) in [6.07, 6.45) is 2.86. The molecular formula is C23H21ClN2O3S. The molecule has 154 valence electrons. The third-order valence-corrected chi connectivity index (χ3v) is 5.32. The van der Waals surface area contributed by atoms with Gasteiger partial charge in [-0.3, -0.25) is 10.1 Å². The van der Waals surface area contributed by atoms with E-state index >= 15 is 0 Å². The normalized spacial score (nSPS) is 10.9. The quantitative estimate of drug-likeness (QED) is 0.401. The molecule has 0 aliphatic rings. The van der Waals surface area contributed by atoms with E-state index in [-0.39, 0.29) is 6.61 Å². The number of amides is 1. The number of benzene rings is 2. The van der Waals surface area contributed by atoms with Crippen molar-refractivity contribution in [1.82, 2.24) is 4.98 Å². The third-order valence-electron chi connectivity index (χ3n) is 4.31. The number of hydrogen-bond acceptors (Lipinski definition) is 5. The Bertz CT molecular complexity index is 1080. The molecule has 5 nitrogen and oxygen atoms in total. The van der Waals surface area contributed by atoms with Crippen molar-refractivity contribution < 1.29 is 14.3 Å². The van der Waals surface area contributed by atoms with Crippen molar-refractivity contribution in [2.75, 3.05) is 11.9 Å². The van der Waals surface area contributed by atoms with Gasteiger partial charge in [-0.25, -0.2) is 9.78 Å². The van der Waals surface area contributed by atoms with E-state index in [1.54, 1.807) is 30.3 Å². The highest BCUT2D eigenvalue weighted by Crippen LogP contribution is 2.31. The Labute approximate surface area is 184 Å². The van der Waals surface area contributed by atoms with E-state index in [0.717, 1.165) is 27.9 Å². The molecule has 30 heavy (non-hydrogen) atoms. The van der Waals surface area contributed by atoms with Crippen molar-refractivity contribution in [3.05, 3.63) is 75.1 Å². The Hall–Kier alpha value is -2.96. The van der Waals surface area contributed by atoms with Crippen LogP contribution in [0.2, 0.25) is 5.02 Å². The second-order valence-electron chi connectivity index (χ2n) is 6.85. The zero-order chi connectivity index (χ0) is 21.7. The lowest BCUT2D eigenvalue weighted by Gasteiger charge is -2.08. The summed E-state index contributed by atoms with van der Waals surface area (Å²) >= 11 is 7.15. The van der Waals surface area contributed by atoms with Gasteiger partial charge in [-0.05, 0) is 55.7 Å². The van der Waals surface area contributed by atoms with Gasteiger partial charge in [-0.15, -0.1) is 11.3 Å². The molecule has 3 aromatic rings. The first-order valence-electron chi connectivity index (χ1n) is 9.26. The molecule has 0 saturated heterocycles. The van der Waals surface area contributed by atoms with Crippen LogP contribution in [0.1, 0.15) is 22.3 Å². The van der Waals surface area contributed by atoms with E-state index in [1.807, 2.05) is 19.2 Å². The van der Waals surface area contributed by atoms with Crippen LogP contribution in [0, 0.1) is 20.8 Å². The standard InChI is InChI=1S/C23H21ClN2O3S/c1-14-10-15(2)22(16(3)11-14)19-13-30-23(25-19)26-20(27)12-29-21(28)9-6-17-4-7-18(24)8-5-17/h4-11,13H,12H2,1-3H3,(H,25,26,27). The molecule has 1 heterocycles. The minimum absolute atomic E-state index is 0.388. The van der Waals surface area contributed by atoms with Crippen LogP contribution >= 0.6 is 22.9 Å². The van der Waals surface area contributed by atoms with Crippen LogP contribution in [0.4, 0.5) is 5.13 Å². The molecule has 0 fully saturated rings. The molecule has 0 aliphatic carbocycles. The molecule has 0 aliphatic heterocycles. The number of carbonyl (C=O) groups excluding carboxylic acids is 2. The Morgan fingerprint density at radius 3 is 2.47 bits per heavy atom. The van der Waals surface area contributed by atoms with Gasteiger partial charge >= 0.3 is 5.97 Å². The smallest absolute Gasteiger partial charge is 0.331 e. The first kappa shape index (κ1) is 21.7. The number of carbonyl (C=O) groups is 2. The summed E-state index contributed by atoms with van der Waals surface area (Å²) in [7, 11) is 0. The lowest BCUT2D eigenvalue weighted by molar-refractivity contribution is -0.142. The van der Waals surface area contributed by atoms with Crippen molar-refractivity contribution in [2.45, 2.75) is 20.8 Å². The Balaban J connectivity index is 1.54. The van der Waals surface area contributed by atoms with Gasteiger partial charge in [0.05, 0.1) is 5.69 Å². The maximum atomic E-state index is 12.1. The predicted octanol–water partition coefficient (Wildman–Crippen LogP) is 5.58. The molecule has 2 aromatic carbocycles. The fraction of sp³-hybridized carbons (Fsp3) is 0.174. The summed E-state index contributed by atoms with van der Waals surface area (Å²) in [6.45, 7) is 5.76. The van der Waals surface area contributed by atoms with Crippen LogP contribution in [0.25, 0.3) is 17.3 Å². The minimum Gasteiger partial charge on any atom is -0.452 e. The fourth-order valence-electron chi connectivity index (χ4n) is 3.11. The number of aryl methyl sites for hydroxylation is 3. The van der Waals surface area contributed by atoms with Gasteiger partial charge in [0.2, 0.25) is 0 Å². The highest BCUT2D eigenvalue weighted by Gasteiger charge is 2.13. The summed E-state index contributed by atoms with van der Waals surface area (Å²) in [5.74, 6) is -1.05. The Morgan fingerprint density at radius 1 is 1.13 bits per heavy atom. The number of anilines is 1. The number of rotatable bonds is 6. The maximum absolute atomic E-state index is 12.1. The number of nitrogens with one attached hydrogen (secondary N) is 1. The minimum atomic E-state index is -0.606. The van der Waals surface area contributed by atoms with Crippen LogP contribution in [0.15, 0.2) is 47.9 Å². The summed E-state index contributed by atoms with van der Waals surface area (Å²) in [5.41, 5.74) is 6.15. The van der Waals surface area contributed by atoms with Crippen LogP contribution in [-0.2, 0) is 14.3 Å². The molecule has 0 unspecified atom stereocenters. The van der Waals surface area contributed by atoms with E-state index < -0.39 is 11.9 Å². The van der Waals surface area contributed by atoms with Gasteiger partial charge in [0.15, 0.2) is 11.7 Å². The predicted molar refractivity (Wildman–Crippen MR) is 122 cm³/mol. The highest BCUT2D eigenvalue weighted by molar-refractivity contribution is 7.14. The molecule has 0 radical (unpaired) electrons. The van der Waals surface area contributed by atoms with Crippen molar-refractivity contribution in [3.63, 3.8) is 0 Å². The number of thiazole rings is 1. The number of aromatic nitrogens is 1. The van der Waals surface area contributed by atoms with Gasteiger partial charge in [0, 0.05) is 22.0 Å². The summed E-state index contributed by atoms with van der Waals surface area (Å²) in [6, 6.07) is 11.2. The zero-order valence-electron chi connectivity index (χ0n) is 16.9. The SMILES string of the molecule is Cc1cc(C)c(-c2csc(NC(=O)COC(=O)C=Cc3ccc(Cl)cc3)n2)c(C)c1. The lowest BCUT2D eigenvalue weighted by Crippen LogP contribution is -2.20. The van der Waals surface area contributed by atoms with E-state index in [0.29, 0.717) is 10.2 Å². The zero-order valence-corrected chi connectivity index (χ0v) is 18.4. The molecule has 0 spiro atoms. The van der Waals surface area contributed by atoms with Gasteiger partial charge in [-0.1, -0.05) is 41.4 Å². The van der Waals surface area contributed by atoms with Crippen LogP contribution in [0.5, 0.6) is 0 Å². The largest absolute Gasteiger partial charge is 0.452 e. The lowest BCUT2D eigenvalue weighted by atomic mass is 9.98. The maximum Gasteiger partial charge on any atom is 0.331 e. The summed E-state index contributed by atoms with van der Waals surface area (Å²) in [5, 5.41) is 5.65. The number of nitrogens with zero attached hydrogens (tertiary/aromatic N) is 1. The van der Waals surface area contributed by atoms with Gasteiger partial charge in [-0.2, -0.15) is 0 Å². The second kappa shape index (κ2) is 9.69. The van der Waals surface area contributed by atoms with E-state index in [9.17, 15) is 9.59 Å². The van der Waals surface area contributed by atoms with E-state index in [1.165, 1.54) is 23.0 Å². The molecule has 0 saturated carbocycles. The molecule has 7 heteroatoms. The third kappa shape index (κ3) is 5.78. The monoisotopic (exact) mass is 440 g/mol. The van der Waals surface area contributed by atoms with Crippen LogP contribution in [0.3, 0.4) is 0 Å². The summed E-state index contributed by atoms with van der Waals surface area (Å²) < 4.78 is 4.98. The highest BCUT2D eigenvalue weighted by atomic mass is 35.5. The fourth-order valence-corrected chi connectivity index (χ4v) is 3.95. The summed E-state index contributed by atoms with van der Waals surface area (Å²) in [4.78, 5) is 28.4. The molecule has 1 N–H and O–H groups in total. The molecule has 1 amide bonds. The Kier molecular flexibility index (Phi) is 7.03. The second-order valence-corrected chi connectivity index (χ2v) is 8.15. The average Bonchev–Trinajstić information content (AvgIpc) is 3.13. The first-order valence-corrected chi connectivity index (χ1v) is 10.5. The molecular weight excluding hydrogens is 420 g/mol. The van der Waals surface area contributed by atoms with E-state index in [2.05, 4.69) is 29.4 Å². The first-order chi connectivity index (χ1) is 14.3. The van der Waals surface area contributed by atoms with E-state index in [4.69, 9.17) is 16.3 Å². The van der Waals surface area contributed by atoms with Crippen molar-refractivity contribution >= 4 is 46.0 Å². The van der Waals surface area contributed by atoms with Gasteiger partial charge in [0.1, 0.15) is 0 Å². The number of ether oxygens (including phenoxy) is 1. The molecule has 0 bridgehead atoms. The molecule has 0 atom stereocenters. The Morgan fingerprint density at radius 2 is 1.80 bits per heavy atom. The number of halogens is 1. The van der Waals surface area contributed by atoms with Gasteiger partial charge in [0.25, 0.3) is 5.91 Å². The molecule has 3 rings (SSSR count). The average molecular weight is 441 g/mol. The van der Waals surface area contributed by atoms with Crippen molar-refractivity contribution in [3.8, 4) is 11.3 Å². The topological polar surface area (TPSA) is 68.3 Å². The van der Waals surface area contributed by atoms with Crippen molar-refractivity contribution in [2.24, 2.45) is 0 Å².